The first-order chi connectivity index (χ1) is 5.36. The van der Waals surface area contributed by atoms with Crippen molar-refractivity contribution in [1.82, 2.24) is 0 Å². The fourth-order valence-electron chi connectivity index (χ4n) is 2.08. The van der Waals surface area contributed by atoms with Crippen LogP contribution in [0.3, 0.4) is 0 Å². The molecule has 0 aromatic heterocycles. The maximum atomic E-state index is 2.47. The molecule has 0 radical (unpaired) electrons. The molecule has 0 amide bonds. The first-order valence-corrected chi connectivity index (χ1v) is 5.36. The van der Waals surface area contributed by atoms with E-state index in [1.165, 1.54) is 25.7 Å². The number of hydrogen-bond donors (Lipinski definition) is 0. The molecule has 0 aliphatic heterocycles. The summed E-state index contributed by atoms with van der Waals surface area (Å²) < 4.78 is 0. The Morgan fingerprint density at radius 3 is 1.54 bits per heavy atom. The lowest BCUT2D eigenvalue weighted by molar-refractivity contribution is 0.0750. The minimum atomic E-state index is 0. The van der Waals surface area contributed by atoms with Crippen LogP contribution in [0.4, 0.5) is 0 Å². The van der Waals surface area contributed by atoms with Gasteiger partial charge in [-0.1, -0.05) is 42.0 Å². The van der Waals surface area contributed by atoms with E-state index in [1.807, 2.05) is 0 Å². The molecule has 1 rings (SSSR count). The summed E-state index contributed by atoms with van der Waals surface area (Å²) in [5, 5.41) is 0. The van der Waals surface area contributed by atoms with Gasteiger partial charge in [-0.25, -0.2) is 0 Å². The van der Waals surface area contributed by atoms with Gasteiger partial charge in [0.1, 0.15) is 0 Å². The highest BCUT2D eigenvalue weighted by Crippen LogP contribution is 2.48. The van der Waals surface area contributed by atoms with Crippen LogP contribution in [-0.4, -0.2) is 0 Å². The smallest absolute Gasteiger partial charge is 0.0302 e. The lowest BCUT2D eigenvalue weighted by Gasteiger charge is -2.44. The molecule has 1 aliphatic carbocycles. The van der Waals surface area contributed by atoms with Gasteiger partial charge in [-0.15, -0.1) is 0 Å². The van der Waals surface area contributed by atoms with Crippen molar-refractivity contribution >= 4 is 0 Å². The Morgan fingerprint density at radius 2 is 1.23 bits per heavy atom. The predicted molar refractivity (Wildman–Crippen MR) is 61.9 cm³/mol. The molecule has 80 valence electrons. The average Bonchev–Trinajstić information content (AvgIpc) is 1.96. The molecule has 13 heavy (non-hydrogen) atoms. The molecule has 0 heterocycles. The van der Waals surface area contributed by atoms with Crippen LogP contribution in [0.1, 0.15) is 67.7 Å². The molecule has 1 saturated carbocycles. The summed E-state index contributed by atoms with van der Waals surface area (Å²) in [5.74, 6) is 0.855. The zero-order valence-electron chi connectivity index (χ0n) is 9.41. The van der Waals surface area contributed by atoms with E-state index in [4.69, 9.17) is 0 Å². The minimum absolute atomic E-state index is 0. The molecule has 0 aromatic carbocycles. The normalized spacial score (nSPS) is 25.4. The molecule has 0 N–H and O–H groups in total. The summed E-state index contributed by atoms with van der Waals surface area (Å²) >= 11 is 0. The average molecular weight is 184 g/mol. The number of rotatable bonds is 1. The van der Waals surface area contributed by atoms with Crippen LogP contribution in [0.2, 0.25) is 0 Å². The topological polar surface area (TPSA) is 0 Å². The molecule has 0 nitrogen and oxygen atoms in total. The third kappa shape index (κ3) is 3.00. The second-order valence-electron chi connectivity index (χ2n) is 5.97. The van der Waals surface area contributed by atoms with Gasteiger partial charge in [-0.3, -0.25) is 0 Å². The molecule has 0 aromatic rings. The third-order valence-corrected chi connectivity index (χ3v) is 4.14. The van der Waals surface area contributed by atoms with Crippen molar-refractivity contribution in [3.63, 3.8) is 0 Å². The Kier molecular flexibility index (Phi) is 4.02. The maximum absolute atomic E-state index is 2.47. The Morgan fingerprint density at radius 1 is 0.846 bits per heavy atom. The van der Waals surface area contributed by atoms with E-state index < -0.39 is 0 Å². The summed E-state index contributed by atoms with van der Waals surface area (Å²) in [7, 11) is 0. The van der Waals surface area contributed by atoms with Crippen molar-refractivity contribution in [3.05, 3.63) is 0 Å². The number of hydrogen-bond acceptors (Lipinski definition) is 0. The van der Waals surface area contributed by atoms with Gasteiger partial charge < -0.3 is 0 Å². The van der Waals surface area contributed by atoms with Crippen LogP contribution in [0.25, 0.3) is 0 Å². The Labute approximate surface area is 85.1 Å². The lowest BCUT2D eigenvalue weighted by atomic mass is 9.62. The third-order valence-electron chi connectivity index (χ3n) is 4.14. The van der Waals surface area contributed by atoms with Gasteiger partial charge in [0.15, 0.2) is 0 Å². The van der Waals surface area contributed by atoms with Crippen molar-refractivity contribution in [1.29, 1.82) is 0 Å². The molecule has 0 saturated heterocycles. The highest BCUT2D eigenvalue weighted by Gasteiger charge is 2.36. The molecule has 0 spiro atoms. The Balaban J connectivity index is 0.00000144. The van der Waals surface area contributed by atoms with Crippen LogP contribution >= 0.6 is 0 Å². The second kappa shape index (κ2) is 4.02. The molecular formula is C13H28. The van der Waals surface area contributed by atoms with Crippen LogP contribution < -0.4 is 0 Å². The molecule has 0 unspecified atom stereocenters. The first kappa shape index (κ1) is 13.0. The first-order valence-electron chi connectivity index (χ1n) is 5.36. The standard InChI is InChI=1S/C12H24.CH4/c1-10(2)12(5)8-6-11(3,4)7-9-12;/h10H,6-9H2,1-5H3;1H4. The van der Waals surface area contributed by atoms with Crippen LogP contribution in [0.5, 0.6) is 0 Å². The molecule has 1 fully saturated rings. The van der Waals surface area contributed by atoms with Crippen molar-refractivity contribution in [2.75, 3.05) is 0 Å². The zero-order chi connectivity index (χ0) is 9.41. The van der Waals surface area contributed by atoms with Crippen LogP contribution in [0, 0.1) is 16.7 Å². The van der Waals surface area contributed by atoms with E-state index in [2.05, 4.69) is 34.6 Å². The largest absolute Gasteiger partial charge is 0.0776 e. The van der Waals surface area contributed by atoms with E-state index in [0.717, 1.165) is 5.92 Å². The SMILES string of the molecule is C.CC(C)C1(C)CCC(C)(C)CC1. The predicted octanol–water partition coefficient (Wildman–Crippen LogP) is 4.89. The van der Waals surface area contributed by atoms with Crippen LogP contribution in [-0.2, 0) is 0 Å². The summed E-state index contributed by atoms with van der Waals surface area (Å²) in [6.45, 7) is 12.0. The van der Waals surface area contributed by atoms with Crippen molar-refractivity contribution in [2.24, 2.45) is 16.7 Å². The van der Waals surface area contributed by atoms with Gasteiger partial charge in [-0.05, 0) is 42.4 Å². The monoisotopic (exact) mass is 184 g/mol. The summed E-state index contributed by atoms with van der Waals surface area (Å²) in [5.41, 5.74) is 1.25. The van der Waals surface area contributed by atoms with Gasteiger partial charge in [0, 0.05) is 0 Å². The summed E-state index contributed by atoms with van der Waals surface area (Å²) in [6, 6.07) is 0. The highest BCUT2D eigenvalue weighted by molar-refractivity contribution is 4.87. The van der Waals surface area contributed by atoms with Gasteiger partial charge in [-0.2, -0.15) is 0 Å². The summed E-state index contributed by atoms with van der Waals surface area (Å²) in [6.07, 6.45) is 5.69. The van der Waals surface area contributed by atoms with Gasteiger partial charge >= 0.3 is 0 Å². The van der Waals surface area contributed by atoms with Gasteiger partial charge in [0.25, 0.3) is 0 Å². The highest BCUT2D eigenvalue weighted by atomic mass is 14.4. The molecular weight excluding hydrogens is 156 g/mol. The van der Waals surface area contributed by atoms with Crippen molar-refractivity contribution < 1.29 is 0 Å². The van der Waals surface area contributed by atoms with Gasteiger partial charge in [0.2, 0.25) is 0 Å². The Bertz CT molecular complexity index is 143. The zero-order valence-corrected chi connectivity index (χ0v) is 9.41. The molecule has 0 heteroatoms. The fourth-order valence-corrected chi connectivity index (χ4v) is 2.08. The maximum Gasteiger partial charge on any atom is -0.0302 e. The quantitative estimate of drug-likeness (QED) is 0.544. The van der Waals surface area contributed by atoms with E-state index in [1.54, 1.807) is 0 Å². The minimum Gasteiger partial charge on any atom is -0.0776 e. The van der Waals surface area contributed by atoms with E-state index in [-0.39, 0.29) is 7.43 Å². The van der Waals surface area contributed by atoms with E-state index >= 15 is 0 Å². The van der Waals surface area contributed by atoms with Gasteiger partial charge in [0.05, 0.1) is 0 Å². The fraction of sp³-hybridized carbons (Fsp3) is 1.00. The summed E-state index contributed by atoms with van der Waals surface area (Å²) in [4.78, 5) is 0. The van der Waals surface area contributed by atoms with E-state index in [0.29, 0.717) is 10.8 Å². The second-order valence-corrected chi connectivity index (χ2v) is 5.97. The van der Waals surface area contributed by atoms with Crippen LogP contribution in [0.15, 0.2) is 0 Å². The molecule has 0 atom stereocenters. The van der Waals surface area contributed by atoms with Crippen molar-refractivity contribution in [3.8, 4) is 0 Å². The van der Waals surface area contributed by atoms with E-state index in [9.17, 15) is 0 Å². The molecule has 1 aliphatic rings. The molecule has 0 bridgehead atoms. The van der Waals surface area contributed by atoms with Crippen molar-refractivity contribution in [2.45, 2.75) is 67.7 Å². The Hall–Kier alpha value is 0. The lowest BCUT2D eigenvalue weighted by Crippen LogP contribution is -2.32.